The largest absolute Gasteiger partial charge is 0.505 e. The smallest absolute Gasteiger partial charge is 0.245 e. The van der Waals surface area contributed by atoms with Crippen LogP contribution in [0, 0.1) is 0 Å². The summed E-state index contributed by atoms with van der Waals surface area (Å²) < 4.78 is 28.1. The summed E-state index contributed by atoms with van der Waals surface area (Å²) in [5.41, 5.74) is 1.12. The SMILES string of the molecule is O=S(=O)(NC(c1cccnc1)c1ccccn1)c1cccc(Cl)c1O. The molecule has 0 spiro atoms. The van der Waals surface area contributed by atoms with Gasteiger partial charge in [-0.1, -0.05) is 29.8 Å². The Bertz CT molecular complexity index is 927. The lowest BCUT2D eigenvalue weighted by Crippen LogP contribution is -2.30. The Hall–Kier alpha value is -2.48. The van der Waals surface area contributed by atoms with E-state index >= 15 is 0 Å². The molecular weight excluding hydrogens is 362 g/mol. The number of rotatable bonds is 5. The van der Waals surface area contributed by atoms with Crippen LogP contribution in [0.3, 0.4) is 0 Å². The van der Waals surface area contributed by atoms with Gasteiger partial charge in [-0.3, -0.25) is 9.97 Å². The number of phenols is 1. The zero-order valence-electron chi connectivity index (χ0n) is 12.9. The third kappa shape index (κ3) is 3.79. The molecule has 0 radical (unpaired) electrons. The first-order chi connectivity index (χ1) is 12.0. The molecule has 25 heavy (non-hydrogen) atoms. The lowest BCUT2D eigenvalue weighted by Gasteiger charge is -2.19. The van der Waals surface area contributed by atoms with E-state index in [0.717, 1.165) is 0 Å². The lowest BCUT2D eigenvalue weighted by molar-refractivity contribution is 0.457. The van der Waals surface area contributed by atoms with Crippen LogP contribution < -0.4 is 4.72 Å². The van der Waals surface area contributed by atoms with Crippen molar-refractivity contribution in [2.24, 2.45) is 0 Å². The van der Waals surface area contributed by atoms with Crippen LogP contribution in [0.5, 0.6) is 5.75 Å². The maximum absolute atomic E-state index is 12.8. The Morgan fingerprint density at radius 2 is 1.88 bits per heavy atom. The zero-order chi connectivity index (χ0) is 17.9. The second kappa shape index (κ2) is 7.18. The summed E-state index contributed by atoms with van der Waals surface area (Å²) in [6.45, 7) is 0. The average molecular weight is 376 g/mol. The van der Waals surface area contributed by atoms with Crippen molar-refractivity contribution in [3.05, 3.63) is 83.4 Å². The molecule has 8 heteroatoms. The van der Waals surface area contributed by atoms with Crippen LogP contribution in [0.4, 0.5) is 0 Å². The number of halogens is 1. The molecule has 0 saturated carbocycles. The molecule has 128 valence electrons. The number of hydrogen-bond acceptors (Lipinski definition) is 5. The maximum atomic E-state index is 12.8. The minimum atomic E-state index is -4.06. The third-order valence-electron chi connectivity index (χ3n) is 3.51. The molecule has 0 aliphatic heterocycles. The highest BCUT2D eigenvalue weighted by Gasteiger charge is 2.26. The Labute approximate surface area is 150 Å². The van der Waals surface area contributed by atoms with Crippen molar-refractivity contribution in [3.63, 3.8) is 0 Å². The van der Waals surface area contributed by atoms with Crippen molar-refractivity contribution in [1.29, 1.82) is 0 Å². The molecule has 0 aliphatic carbocycles. The number of aromatic hydroxyl groups is 1. The standard InChI is InChI=1S/C17H14ClN3O3S/c18-13-6-3-8-15(17(13)22)25(23,24)21-16(12-5-4-9-19-11-12)14-7-1-2-10-20-14/h1-11,16,21-22H. The van der Waals surface area contributed by atoms with Gasteiger partial charge in [0.1, 0.15) is 4.90 Å². The van der Waals surface area contributed by atoms with Crippen LogP contribution in [0.15, 0.2) is 72.0 Å². The molecule has 0 fully saturated rings. The molecule has 0 saturated heterocycles. The second-order valence-electron chi connectivity index (χ2n) is 5.18. The van der Waals surface area contributed by atoms with Crippen LogP contribution in [-0.2, 0) is 10.0 Å². The van der Waals surface area contributed by atoms with Crippen LogP contribution in [0.1, 0.15) is 17.3 Å². The van der Waals surface area contributed by atoms with Gasteiger partial charge in [0, 0.05) is 18.6 Å². The molecule has 0 aliphatic rings. The van der Waals surface area contributed by atoms with Gasteiger partial charge in [0.15, 0.2) is 5.75 Å². The summed E-state index contributed by atoms with van der Waals surface area (Å²) in [7, 11) is -4.06. The number of nitrogens with zero attached hydrogens (tertiary/aromatic N) is 2. The summed E-state index contributed by atoms with van der Waals surface area (Å²) in [5, 5.41) is 9.97. The van der Waals surface area contributed by atoms with Crippen LogP contribution in [0.2, 0.25) is 5.02 Å². The quantitative estimate of drug-likeness (QED) is 0.715. The van der Waals surface area contributed by atoms with E-state index in [4.69, 9.17) is 11.6 Å². The monoisotopic (exact) mass is 375 g/mol. The number of para-hydroxylation sites is 1. The molecule has 2 heterocycles. The van der Waals surface area contributed by atoms with Crippen molar-refractivity contribution < 1.29 is 13.5 Å². The molecular formula is C17H14ClN3O3S. The van der Waals surface area contributed by atoms with Gasteiger partial charge < -0.3 is 5.11 Å². The normalized spacial score (nSPS) is 12.7. The van der Waals surface area contributed by atoms with E-state index in [1.165, 1.54) is 18.2 Å². The van der Waals surface area contributed by atoms with E-state index < -0.39 is 21.8 Å². The highest BCUT2D eigenvalue weighted by Crippen LogP contribution is 2.32. The maximum Gasteiger partial charge on any atom is 0.245 e. The van der Waals surface area contributed by atoms with E-state index in [0.29, 0.717) is 11.3 Å². The Morgan fingerprint density at radius 3 is 2.56 bits per heavy atom. The van der Waals surface area contributed by atoms with E-state index in [2.05, 4.69) is 14.7 Å². The fraction of sp³-hybridized carbons (Fsp3) is 0.0588. The molecule has 3 aromatic rings. The van der Waals surface area contributed by atoms with Crippen molar-refractivity contribution in [2.75, 3.05) is 0 Å². The van der Waals surface area contributed by atoms with Crippen molar-refractivity contribution in [1.82, 2.24) is 14.7 Å². The lowest BCUT2D eigenvalue weighted by atomic mass is 10.1. The molecule has 1 atom stereocenters. The summed E-state index contributed by atoms with van der Waals surface area (Å²) >= 11 is 5.83. The van der Waals surface area contributed by atoms with Gasteiger partial charge in [0.2, 0.25) is 10.0 Å². The molecule has 0 bridgehead atoms. The van der Waals surface area contributed by atoms with Gasteiger partial charge in [0.25, 0.3) is 0 Å². The molecule has 0 amide bonds. The van der Waals surface area contributed by atoms with Gasteiger partial charge in [-0.15, -0.1) is 0 Å². The number of benzene rings is 1. The van der Waals surface area contributed by atoms with Gasteiger partial charge in [-0.2, -0.15) is 4.72 Å². The average Bonchev–Trinajstić information content (AvgIpc) is 2.63. The minimum absolute atomic E-state index is 0.0429. The Balaban J connectivity index is 2.05. The van der Waals surface area contributed by atoms with E-state index in [1.54, 1.807) is 48.9 Å². The van der Waals surface area contributed by atoms with Crippen LogP contribution >= 0.6 is 11.6 Å². The summed E-state index contributed by atoms with van der Waals surface area (Å²) in [4.78, 5) is 7.96. The molecule has 2 aromatic heterocycles. The fourth-order valence-corrected chi connectivity index (χ4v) is 3.87. The van der Waals surface area contributed by atoms with E-state index in [1.807, 2.05) is 0 Å². The van der Waals surface area contributed by atoms with E-state index in [-0.39, 0.29) is 9.92 Å². The second-order valence-corrected chi connectivity index (χ2v) is 7.27. The van der Waals surface area contributed by atoms with Crippen molar-refractivity contribution in [3.8, 4) is 5.75 Å². The zero-order valence-corrected chi connectivity index (χ0v) is 14.4. The van der Waals surface area contributed by atoms with Gasteiger partial charge in [0.05, 0.1) is 16.8 Å². The van der Waals surface area contributed by atoms with Crippen molar-refractivity contribution in [2.45, 2.75) is 10.9 Å². The van der Waals surface area contributed by atoms with E-state index in [9.17, 15) is 13.5 Å². The Kier molecular flexibility index (Phi) is 4.98. The Morgan fingerprint density at radius 1 is 1.04 bits per heavy atom. The summed E-state index contributed by atoms with van der Waals surface area (Å²) in [6, 6.07) is 12.0. The first kappa shape index (κ1) is 17.3. The van der Waals surface area contributed by atoms with Gasteiger partial charge in [-0.25, -0.2) is 8.42 Å². The summed E-state index contributed by atoms with van der Waals surface area (Å²) in [6.07, 6.45) is 4.72. The molecule has 3 rings (SSSR count). The highest BCUT2D eigenvalue weighted by atomic mass is 35.5. The number of hydrogen-bond donors (Lipinski definition) is 2. The first-order valence-corrected chi connectivity index (χ1v) is 9.16. The van der Waals surface area contributed by atoms with Crippen LogP contribution in [0.25, 0.3) is 0 Å². The number of pyridine rings is 2. The predicted molar refractivity (Wildman–Crippen MR) is 93.8 cm³/mol. The molecule has 1 aromatic carbocycles. The predicted octanol–water partition coefficient (Wildman–Crippen LogP) is 2.90. The van der Waals surface area contributed by atoms with Crippen molar-refractivity contribution >= 4 is 21.6 Å². The summed E-state index contributed by atoms with van der Waals surface area (Å²) in [5.74, 6) is -0.498. The highest BCUT2D eigenvalue weighted by molar-refractivity contribution is 7.89. The topological polar surface area (TPSA) is 92.2 Å². The van der Waals surface area contributed by atoms with Gasteiger partial charge in [-0.05, 0) is 35.9 Å². The van der Waals surface area contributed by atoms with Crippen LogP contribution in [-0.4, -0.2) is 23.5 Å². The number of phenolic OH excluding ortho intramolecular Hbond substituents is 1. The minimum Gasteiger partial charge on any atom is -0.505 e. The number of sulfonamides is 1. The number of aromatic nitrogens is 2. The first-order valence-electron chi connectivity index (χ1n) is 7.30. The molecule has 2 N–H and O–H groups in total. The molecule has 1 unspecified atom stereocenters. The molecule has 6 nitrogen and oxygen atoms in total. The third-order valence-corrected chi connectivity index (χ3v) is 5.27. The number of nitrogens with one attached hydrogen (secondary N) is 1. The fourth-order valence-electron chi connectivity index (χ4n) is 2.32. The van der Waals surface area contributed by atoms with Gasteiger partial charge >= 0.3 is 0 Å².